The molecule has 0 radical (unpaired) electrons. The van der Waals surface area contributed by atoms with Crippen LogP contribution in [0.2, 0.25) is 0 Å². The lowest BCUT2D eigenvalue weighted by Gasteiger charge is -2.04. The van der Waals surface area contributed by atoms with Gasteiger partial charge in [-0.3, -0.25) is 14.9 Å². The Balaban J connectivity index is 2.41. The number of Topliss-reactive ketones (excluding diaryl/α,β-unsaturated/α-hetero) is 1. The number of nitro groups is 1. The number of hydrogen-bond acceptors (Lipinski definition) is 6. The number of rotatable bonds is 4. The van der Waals surface area contributed by atoms with Gasteiger partial charge in [0.05, 0.1) is 9.82 Å². The quantitative estimate of drug-likeness (QED) is 0.372. The Labute approximate surface area is 119 Å². The molecule has 0 saturated carbocycles. The van der Waals surface area contributed by atoms with Gasteiger partial charge in [-0.25, -0.2) is 9.97 Å². The fraction of sp³-hybridized carbons (Fsp3) is 0.154. The predicted molar refractivity (Wildman–Crippen MR) is 74.0 cm³/mol. The van der Waals surface area contributed by atoms with Gasteiger partial charge < -0.3 is 0 Å². The van der Waals surface area contributed by atoms with Gasteiger partial charge in [-0.2, -0.15) is 0 Å². The Kier molecular flexibility index (Phi) is 4.09. The van der Waals surface area contributed by atoms with Crippen LogP contribution in [-0.2, 0) is 0 Å². The van der Waals surface area contributed by atoms with Crippen molar-refractivity contribution in [3.05, 3.63) is 51.8 Å². The maximum Gasteiger partial charge on any atom is 0.284 e. The molecule has 2 aromatic rings. The minimum Gasteiger partial charge on any atom is -0.295 e. The molecule has 0 amide bonds. The Hall–Kier alpha value is -2.28. The fourth-order valence-electron chi connectivity index (χ4n) is 1.54. The van der Waals surface area contributed by atoms with Gasteiger partial charge in [0.1, 0.15) is 0 Å². The second-order valence-electron chi connectivity index (χ2n) is 4.08. The predicted octanol–water partition coefficient (Wildman–Crippen LogP) is 3.05. The Bertz CT molecular complexity index is 688. The number of carbonyl (C=O) groups is 1. The van der Waals surface area contributed by atoms with Gasteiger partial charge in [0.15, 0.2) is 10.9 Å². The molecule has 1 aromatic heterocycles. The van der Waals surface area contributed by atoms with E-state index in [1.54, 1.807) is 24.4 Å². The third-order valence-electron chi connectivity index (χ3n) is 2.54. The molecule has 1 aromatic carbocycles. The molecule has 2 rings (SSSR count). The van der Waals surface area contributed by atoms with E-state index >= 15 is 0 Å². The standard InChI is InChI=1S/C13H11N3O3S/c1-8-5-6-14-13(15-8)20-12-4-3-10(9(2)17)7-11(12)16(18)19/h3-7H,1-2H3. The van der Waals surface area contributed by atoms with Gasteiger partial charge in [0.2, 0.25) is 0 Å². The summed E-state index contributed by atoms with van der Waals surface area (Å²) in [5.74, 6) is -0.212. The number of hydrogen-bond donors (Lipinski definition) is 0. The number of ketones is 1. The van der Waals surface area contributed by atoms with Crippen LogP contribution in [0.25, 0.3) is 0 Å². The number of aryl methyl sites for hydroxylation is 1. The van der Waals surface area contributed by atoms with E-state index in [1.807, 2.05) is 6.92 Å². The number of nitrogens with zero attached hydrogens (tertiary/aromatic N) is 3. The van der Waals surface area contributed by atoms with E-state index in [-0.39, 0.29) is 11.5 Å². The van der Waals surface area contributed by atoms with Crippen molar-refractivity contribution in [3.63, 3.8) is 0 Å². The van der Waals surface area contributed by atoms with Crippen molar-refractivity contribution < 1.29 is 9.72 Å². The summed E-state index contributed by atoms with van der Waals surface area (Å²) in [5, 5.41) is 11.5. The zero-order valence-electron chi connectivity index (χ0n) is 10.9. The molecule has 7 heteroatoms. The van der Waals surface area contributed by atoms with Crippen LogP contribution in [0.1, 0.15) is 23.0 Å². The summed E-state index contributed by atoms with van der Waals surface area (Å²) in [7, 11) is 0. The fourth-order valence-corrected chi connectivity index (χ4v) is 2.41. The molecule has 0 N–H and O–H groups in total. The van der Waals surface area contributed by atoms with E-state index < -0.39 is 4.92 Å². The first kappa shape index (κ1) is 14.1. The number of carbonyl (C=O) groups excluding carboxylic acids is 1. The molecular formula is C13H11N3O3S. The van der Waals surface area contributed by atoms with Crippen molar-refractivity contribution in [2.24, 2.45) is 0 Å². The van der Waals surface area contributed by atoms with Crippen molar-refractivity contribution in [1.82, 2.24) is 9.97 Å². The van der Waals surface area contributed by atoms with E-state index in [0.29, 0.717) is 15.6 Å². The van der Waals surface area contributed by atoms with Gasteiger partial charge in [-0.1, -0.05) is 0 Å². The molecule has 0 bridgehead atoms. The summed E-state index contributed by atoms with van der Waals surface area (Å²) in [6.07, 6.45) is 1.60. The lowest BCUT2D eigenvalue weighted by molar-refractivity contribution is -0.387. The minimum atomic E-state index is -0.509. The van der Waals surface area contributed by atoms with Crippen LogP contribution in [0.3, 0.4) is 0 Å². The Morgan fingerprint density at radius 2 is 2.10 bits per heavy atom. The van der Waals surface area contributed by atoms with Crippen molar-refractivity contribution in [1.29, 1.82) is 0 Å². The van der Waals surface area contributed by atoms with E-state index in [1.165, 1.54) is 13.0 Å². The van der Waals surface area contributed by atoms with Crippen molar-refractivity contribution in [3.8, 4) is 0 Å². The maximum absolute atomic E-state index is 11.3. The second-order valence-corrected chi connectivity index (χ2v) is 5.09. The van der Waals surface area contributed by atoms with E-state index in [4.69, 9.17) is 0 Å². The molecule has 0 atom stereocenters. The van der Waals surface area contributed by atoms with Gasteiger partial charge in [-0.15, -0.1) is 0 Å². The smallest absolute Gasteiger partial charge is 0.284 e. The summed E-state index contributed by atoms with van der Waals surface area (Å²) in [4.78, 5) is 30.5. The highest BCUT2D eigenvalue weighted by Gasteiger charge is 2.18. The van der Waals surface area contributed by atoms with Crippen LogP contribution in [0.4, 0.5) is 5.69 Å². The van der Waals surface area contributed by atoms with Crippen molar-refractivity contribution in [2.45, 2.75) is 23.9 Å². The average molecular weight is 289 g/mol. The van der Waals surface area contributed by atoms with E-state index in [9.17, 15) is 14.9 Å². The summed E-state index contributed by atoms with van der Waals surface area (Å²) in [5.41, 5.74) is 0.976. The molecule has 0 aliphatic heterocycles. The molecule has 0 spiro atoms. The van der Waals surface area contributed by atoms with Crippen LogP contribution < -0.4 is 0 Å². The topological polar surface area (TPSA) is 86.0 Å². The second kappa shape index (κ2) is 5.79. The SMILES string of the molecule is CC(=O)c1ccc(Sc2nccc(C)n2)c([N+](=O)[O-])c1. The molecular weight excluding hydrogens is 278 g/mol. The first-order chi connectivity index (χ1) is 9.47. The molecule has 102 valence electrons. The third-order valence-corrected chi connectivity index (χ3v) is 3.48. The zero-order chi connectivity index (χ0) is 14.7. The highest BCUT2D eigenvalue weighted by atomic mass is 32.2. The van der Waals surface area contributed by atoms with Gasteiger partial charge in [0, 0.05) is 23.5 Å². The first-order valence-corrected chi connectivity index (χ1v) is 6.56. The lowest BCUT2D eigenvalue weighted by Crippen LogP contribution is -1.97. The van der Waals surface area contributed by atoms with E-state index in [0.717, 1.165) is 17.5 Å². The summed E-state index contributed by atoms with van der Waals surface area (Å²) in [6.45, 7) is 3.19. The van der Waals surface area contributed by atoms with E-state index in [2.05, 4.69) is 9.97 Å². The zero-order valence-corrected chi connectivity index (χ0v) is 11.7. The van der Waals surface area contributed by atoms with Crippen LogP contribution in [0.5, 0.6) is 0 Å². The molecule has 0 saturated heterocycles. The molecule has 1 heterocycles. The third kappa shape index (κ3) is 3.18. The number of benzene rings is 1. The summed E-state index contributed by atoms with van der Waals surface area (Å²) >= 11 is 1.10. The maximum atomic E-state index is 11.3. The number of aromatic nitrogens is 2. The van der Waals surface area contributed by atoms with Crippen LogP contribution >= 0.6 is 11.8 Å². The normalized spacial score (nSPS) is 10.3. The highest BCUT2D eigenvalue weighted by Crippen LogP contribution is 2.33. The number of nitro benzene ring substituents is 1. The van der Waals surface area contributed by atoms with Gasteiger partial charge >= 0.3 is 0 Å². The van der Waals surface area contributed by atoms with Crippen LogP contribution in [0, 0.1) is 17.0 Å². The first-order valence-electron chi connectivity index (χ1n) is 5.74. The van der Waals surface area contributed by atoms with Gasteiger partial charge in [0.25, 0.3) is 5.69 Å². The Morgan fingerprint density at radius 3 is 2.70 bits per heavy atom. The Morgan fingerprint density at radius 1 is 1.35 bits per heavy atom. The summed E-state index contributed by atoms with van der Waals surface area (Å²) < 4.78 is 0. The molecule has 0 fully saturated rings. The average Bonchev–Trinajstić information content (AvgIpc) is 2.38. The lowest BCUT2D eigenvalue weighted by atomic mass is 10.1. The summed E-state index contributed by atoms with van der Waals surface area (Å²) in [6, 6.07) is 6.14. The molecule has 20 heavy (non-hydrogen) atoms. The van der Waals surface area contributed by atoms with Crippen LogP contribution in [0.15, 0.2) is 40.5 Å². The van der Waals surface area contributed by atoms with Gasteiger partial charge in [-0.05, 0) is 43.8 Å². The van der Waals surface area contributed by atoms with Crippen LogP contribution in [-0.4, -0.2) is 20.7 Å². The minimum absolute atomic E-state index is 0.118. The van der Waals surface area contributed by atoms with Crippen molar-refractivity contribution in [2.75, 3.05) is 0 Å². The molecule has 0 aliphatic carbocycles. The molecule has 6 nitrogen and oxygen atoms in total. The largest absolute Gasteiger partial charge is 0.295 e. The van der Waals surface area contributed by atoms with Crippen molar-refractivity contribution >= 4 is 23.2 Å². The highest BCUT2D eigenvalue weighted by molar-refractivity contribution is 7.99. The monoisotopic (exact) mass is 289 g/mol. The molecule has 0 aliphatic rings. The molecule has 0 unspecified atom stereocenters.